The van der Waals surface area contributed by atoms with Crippen molar-refractivity contribution in [3.63, 3.8) is 0 Å². The third-order valence-electron chi connectivity index (χ3n) is 9.73. The fourth-order valence-electron chi connectivity index (χ4n) is 7.62. The zero-order valence-corrected chi connectivity index (χ0v) is 37.6. The zero-order valence-electron chi connectivity index (χ0n) is 37.6. The molecule has 0 radical (unpaired) electrons. The molecule has 2 fully saturated rings. The number of rotatable bonds is 17. The molecule has 66 heavy (non-hydrogen) atoms. The highest BCUT2D eigenvalue weighted by Gasteiger charge is 2.64. The molecule has 3 aliphatic heterocycles. The molecule has 25 nitrogen and oxygen atoms in total. The van der Waals surface area contributed by atoms with Gasteiger partial charge in [-0.1, -0.05) is 0 Å². The summed E-state index contributed by atoms with van der Waals surface area (Å²) in [5.41, 5.74) is -2.09. The van der Waals surface area contributed by atoms with E-state index >= 15 is 0 Å². The largest absolute Gasteiger partial charge is 0.472 e. The van der Waals surface area contributed by atoms with E-state index < -0.39 is 165 Å². The molecule has 4 aliphatic rings. The Morgan fingerprint density at radius 2 is 0.864 bits per heavy atom. The highest BCUT2D eigenvalue weighted by atomic mass is 16.8. The van der Waals surface area contributed by atoms with Gasteiger partial charge in [0.15, 0.2) is 42.7 Å². The summed E-state index contributed by atoms with van der Waals surface area (Å²) in [4.78, 5) is 124. The zero-order chi connectivity index (χ0) is 49.2. The summed E-state index contributed by atoms with van der Waals surface area (Å²) in [6, 6.07) is 0. The molecule has 366 valence electrons. The molecule has 0 amide bonds. The Balaban J connectivity index is 1.93. The Morgan fingerprint density at radius 1 is 0.470 bits per heavy atom. The van der Waals surface area contributed by atoms with Crippen molar-refractivity contribution in [3.8, 4) is 0 Å². The molecular weight excluding hydrogens is 892 g/mol. The van der Waals surface area contributed by atoms with E-state index in [1.165, 1.54) is 12.2 Å². The van der Waals surface area contributed by atoms with E-state index in [2.05, 4.69) is 0 Å². The third-order valence-corrected chi connectivity index (χ3v) is 9.73. The molecule has 0 spiro atoms. The minimum absolute atomic E-state index is 0.0714. The molecule has 25 heteroatoms. The Hall–Kier alpha value is -6.18. The predicted octanol–water partition coefficient (Wildman–Crippen LogP) is -0.154. The molecule has 1 aliphatic carbocycles. The van der Waals surface area contributed by atoms with Crippen LogP contribution in [0.1, 0.15) is 69.2 Å². The van der Waals surface area contributed by atoms with Gasteiger partial charge in [-0.3, -0.25) is 47.9 Å². The number of hydrogen-bond donors (Lipinski definition) is 0. The van der Waals surface area contributed by atoms with Crippen LogP contribution in [0.3, 0.4) is 0 Å². The summed E-state index contributed by atoms with van der Waals surface area (Å²) in [7, 11) is 0. The Morgan fingerprint density at radius 3 is 1.29 bits per heavy atom. The lowest BCUT2D eigenvalue weighted by atomic mass is 9.82. The van der Waals surface area contributed by atoms with E-state index in [-0.39, 0.29) is 5.57 Å². The Kier molecular flexibility index (Phi) is 18.1. The number of esters is 10. The van der Waals surface area contributed by atoms with Crippen molar-refractivity contribution in [3.05, 3.63) is 24.0 Å². The smallest absolute Gasteiger partial charge is 0.303 e. The Bertz CT molecular complexity index is 1940. The third kappa shape index (κ3) is 13.7. The van der Waals surface area contributed by atoms with E-state index in [0.29, 0.717) is 0 Å². The number of carbonyl (C=O) groups is 10. The molecule has 4 rings (SSSR count). The monoisotopic (exact) mass is 944 g/mol. The minimum atomic E-state index is -2.16. The predicted molar refractivity (Wildman–Crippen MR) is 207 cm³/mol. The molecule has 0 aromatic rings. The Labute approximate surface area is 376 Å². The van der Waals surface area contributed by atoms with Crippen LogP contribution in [-0.2, 0) is 119 Å². The number of ether oxygens (including phenoxy) is 15. The van der Waals surface area contributed by atoms with Gasteiger partial charge in [-0.05, 0) is 17.7 Å². The van der Waals surface area contributed by atoms with Gasteiger partial charge in [0.05, 0.1) is 12.2 Å². The van der Waals surface area contributed by atoms with Crippen LogP contribution < -0.4 is 0 Å². The van der Waals surface area contributed by atoms with Crippen molar-refractivity contribution in [2.75, 3.05) is 19.8 Å². The van der Waals surface area contributed by atoms with Gasteiger partial charge in [0.1, 0.15) is 37.6 Å². The van der Waals surface area contributed by atoms with Crippen LogP contribution in [0.25, 0.3) is 0 Å². The molecule has 0 bridgehead atoms. The normalized spacial score (nSPS) is 32.0. The van der Waals surface area contributed by atoms with Gasteiger partial charge in [-0.2, -0.15) is 0 Å². The van der Waals surface area contributed by atoms with Gasteiger partial charge in [0, 0.05) is 69.2 Å². The van der Waals surface area contributed by atoms with Gasteiger partial charge in [0.25, 0.3) is 0 Å². The second kappa shape index (κ2) is 22.8. The lowest BCUT2D eigenvalue weighted by molar-refractivity contribution is -0.364. The molecule has 2 saturated heterocycles. The first-order valence-corrected chi connectivity index (χ1v) is 20.2. The lowest BCUT2D eigenvalue weighted by Gasteiger charge is -2.50. The SMILES string of the molecule is CC(=O)OCC1=C[C@@H](OC(C)=O)[C@]2(O[C@@H]3O[C@H](COC(C)=O)[C@@H](OC(C)=O)[C@H](OC(C)=O)[C@H]3OC(C)=O)C=CO[C@@H](O[C@@H]3O[C@H](COC(C)=O)[C@@H](OC(C)=O)[C@H](OC(C)=O)[C@H]3OC(C)=O)[C@H]12. The first-order valence-electron chi connectivity index (χ1n) is 20.2. The topological polar surface area (TPSA) is 309 Å². The highest BCUT2D eigenvalue weighted by Crippen LogP contribution is 2.50. The average molecular weight is 945 g/mol. The summed E-state index contributed by atoms with van der Waals surface area (Å²) in [6.45, 7) is 8.54. The fourth-order valence-corrected chi connectivity index (χ4v) is 7.62. The van der Waals surface area contributed by atoms with Crippen LogP contribution >= 0.6 is 0 Å². The standard InChI is InChI=1S/C41H52O25/c1-17(42)53-14-27-13-30(56-20(4)45)41(66-40-37(62-26(10)51)35(60-24(8)49)33(58-22(6)47)29(64-40)16-55-19(3)44)11-12-52-38(31(27)41)65-39-36(61-25(9)50)34(59-23(7)48)32(57-21(5)46)28(63-39)15-54-18(2)43/h11-13,28-40H,14-16H2,1-10H3/t28-,29-,30-,31+,32-,33-,34+,35+,36-,37-,38+,39+,40+,41-/m1/s1. The maximum Gasteiger partial charge on any atom is 0.303 e. The van der Waals surface area contributed by atoms with E-state index in [1.54, 1.807) is 0 Å². The van der Waals surface area contributed by atoms with Crippen LogP contribution in [0.15, 0.2) is 24.0 Å². The molecule has 14 atom stereocenters. The maximum atomic E-state index is 12.8. The van der Waals surface area contributed by atoms with Crippen molar-refractivity contribution in [2.24, 2.45) is 5.92 Å². The maximum absolute atomic E-state index is 12.8. The average Bonchev–Trinajstić information content (AvgIpc) is 3.48. The van der Waals surface area contributed by atoms with Crippen LogP contribution in [0.4, 0.5) is 0 Å². The fraction of sp³-hybridized carbons (Fsp3) is 0.659. The van der Waals surface area contributed by atoms with Crippen molar-refractivity contribution in [2.45, 2.75) is 149 Å². The van der Waals surface area contributed by atoms with E-state index in [9.17, 15) is 47.9 Å². The van der Waals surface area contributed by atoms with E-state index in [1.807, 2.05) is 0 Å². The summed E-state index contributed by atoms with van der Waals surface area (Å²) in [5.74, 6) is -10.4. The number of fused-ring (bicyclic) bond motifs is 1. The van der Waals surface area contributed by atoms with Crippen molar-refractivity contribution < 1.29 is 119 Å². The first kappa shape index (κ1) is 52.4. The van der Waals surface area contributed by atoms with E-state index in [4.69, 9.17) is 71.1 Å². The lowest BCUT2D eigenvalue weighted by Crippen LogP contribution is -2.66. The van der Waals surface area contributed by atoms with Gasteiger partial charge in [-0.25, -0.2) is 0 Å². The molecule has 0 saturated carbocycles. The molecule has 0 aromatic heterocycles. The summed E-state index contributed by atoms with van der Waals surface area (Å²) >= 11 is 0. The van der Waals surface area contributed by atoms with Crippen molar-refractivity contribution in [1.82, 2.24) is 0 Å². The summed E-state index contributed by atoms with van der Waals surface area (Å²) < 4.78 is 86.2. The van der Waals surface area contributed by atoms with Crippen LogP contribution in [0.2, 0.25) is 0 Å². The molecule has 0 unspecified atom stereocenters. The van der Waals surface area contributed by atoms with Gasteiger partial charge in [0.2, 0.25) is 18.9 Å². The second-order valence-corrected chi connectivity index (χ2v) is 15.1. The second-order valence-electron chi connectivity index (χ2n) is 15.1. The van der Waals surface area contributed by atoms with Crippen LogP contribution in [0, 0.1) is 5.92 Å². The van der Waals surface area contributed by atoms with Gasteiger partial charge in [-0.15, -0.1) is 0 Å². The summed E-state index contributed by atoms with van der Waals surface area (Å²) in [5, 5.41) is 0. The van der Waals surface area contributed by atoms with Crippen molar-refractivity contribution >= 4 is 59.7 Å². The molecule has 3 heterocycles. The van der Waals surface area contributed by atoms with Crippen molar-refractivity contribution in [1.29, 1.82) is 0 Å². The highest BCUT2D eigenvalue weighted by molar-refractivity contribution is 5.70. The molecule has 0 N–H and O–H groups in total. The van der Waals surface area contributed by atoms with Gasteiger partial charge < -0.3 is 71.1 Å². The number of hydrogen-bond acceptors (Lipinski definition) is 25. The quantitative estimate of drug-likeness (QED) is 0.104. The van der Waals surface area contributed by atoms with Crippen LogP contribution in [0.5, 0.6) is 0 Å². The summed E-state index contributed by atoms with van der Waals surface area (Å²) in [6.07, 6.45) is -16.7. The molecule has 0 aromatic carbocycles. The number of carbonyl (C=O) groups excluding carboxylic acids is 10. The molecular formula is C41H52O25. The van der Waals surface area contributed by atoms with Gasteiger partial charge >= 0.3 is 59.7 Å². The first-order chi connectivity index (χ1) is 30.9. The minimum Gasteiger partial charge on any atom is -0.472 e. The van der Waals surface area contributed by atoms with E-state index in [0.717, 1.165) is 75.5 Å². The van der Waals surface area contributed by atoms with Crippen LogP contribution in [-0.4, -0.2) is 159 Å².